The van der Waals surface area contributed by atoms with E-state index in [2.05, 4.69) is 67.7 Å². The SMILES string of the molecule is CC(C)=C[C@@H]1[C@H](C(=O)N[C@@H](c2nnc3n2CCC3)C(C)C)C1(C)C. The number of allylic oxidation sites excluding steroid dienone is 2. The van der Waals surface area contributed by atoms with Crippen LogP contribution in [0.15, 0.2) is 11.6 Å². The highest BCUT2D eigenvalue weighted by Gasteiger charge is 2.60. The Labute approximate surface area is 144 Å². The molecule has 0 aromatic carbocycles. The van der Waals surface area contributed by atoms with Crippen LogP contribution in [0.3, 0.4) is 0 Å². The van der Waals surface area contributed by atoms with E-state index in [4.69, 9.17) is 0 Å². The molecular weight excluding hydrogens is 300 g/mol. The lowest BCUT2D eigenvalue weighted by atomic mass is 10.0. The fourth-order valence-corrected chi connectivity index (χ4v) is 4.02. The predicted molar refractivity (Wildman–Crippen MR) is 94.3 cm³/mol. The summed E-state index contributed by atoms with van der Waals surface area (Å²) < 4.78 is 2.19. The van der Waals surface area contributed by atoms with Crippen LogP contribution in [0.4, 0.5) is 0 Å². The first-order valence-corrected chi connectivity index (χ1v) is 9.11. The summed E-state index contributed by atoms with van der Waals surface area (Å²) in [5.41, 5.74) is 1.31. The molecule has 0 spiro atoms. The number of aryl methyl sites for hydroxylation is 1. The summed E-state index contributed by atoms with van der Waals surface area (Å²) in [6.45, 7) is 13.8. The van der Waals surface area contributed by atoms with E-state index in [1.807, 2.05) is 0 Å². The van der Waals surface area contributed by atoms with Crippen molar-refractivity contribution in [2.24, 2.45) is 23.2 Å². The lowest BCUT2D eigenvalue weighted by molar-refractivity contribution is -0.124. The maximum absolute atomic E-state index is 12.9. The first-order chi connectivity index (χ1) is 11.2. The van der Waals surface area contributed by atoms with Crippen molar-refractivity contribution in [3.05, 3.63) is 23.3 Å². The molecule has 0 bridgehead atoms. The second-order valence-corrected chi connectivity index (χ2v) is 8.53. The number of aromatic nitrogens is 3. The first kappa shape index (κ1) is 17.2. The molecule has 3 atom stereocenters. The molecule has 1 saturated carbocycles. The maximum atomic E-state index is 12.9. The third kappa shape index (κ3) is 2.89. The predicted octanol–water partition coefficient (Wildman–Crippen LogP) is 3.28. The van der Waals surface area contributed by atoms with Gasteiger partial charge in [-0.2, -0.15) is 0 Å². The lowest BCUT2D eigenvalue weighted by Crippen LogP contribution is -2.35. The monoisotopic (exact) mass is 330 g/mol. The van der Waals surface area contributed by atoms with Gasteiger partial charge in [-0.1, -0.05) is 39.3 Å². The fraction of sp³-hybridized carbons (Fsp3) is 0.737. The summed E-state index contributed by atoms with van der Waals surface area (Å²) in [5, 5.41) is 12.0. The van der Waals surface area contributed by atoms with Gasteiger partial charge in [0.1, 0.15) is 5.82 Å². The number of hydrogen-bond acceptors (Lipinski definition) is 3. The topological polar surface area (TPSA) is 59.8 Å². The zero-order valence-corrected chi connectivity index (χ0v) is 15.8. The standard InChI is InChI=1S/C19H30N4O/c1-11(2)10-13-15(19(13,5)6)18(24)20-16(12(3)4)17-22-21-14-8-7-9-23(14)17/h10,12-13,15-16H,7-9H2,1-6H3,(H,20,24)/t13-,15-,16-/m1/s1. The van der Waals surface area contributed by atoms with Crippen molar-refractivity contribution in [1.29, 1.82) is 0 Å². The van der Waals surface area contributed by atoms with Crippen molar-refractivity contribution in [1.82, 2.24) is 20.1 Å². The number of nitrogens with one attached hydrogen (secondary N) is 1. The van der Waals surface area contributed by atoms with Crippen molar-refractivity contribution >= 4 is 5.91 Å². The summed E-state index contributed by atoms with van der Waals surface area (Å²) in [6.07, 6.45) is 4.35. The van der Waals surface area contributed by atoms with Crippen molar-refractivity contribution in [3.63, 3.8) is 0 Å². The molecule has 1 amide bonds. The van der Waals surface area contributed by atoms with Crippen molar-refractivity contribution in [2.45, 2.75) is 67.0 Å². The van der Waals surface area contributed by atoms with Gasteiger partial charge >= 0.3 is 0 Å². The molecule has 0 radical (unpaired) electrons. The molecule has 2 aliphatic rings. The molecule has 3 rings (SSSR count). The van der Waals surface area contributed by atoms with Crippen molar-refractivity contribution in [2.75, 3.05) is 0 Å². The summed E-state index contributed by atoms with van der Waals surface area (Å²) in [7, 11) is 0. The molecular formula is C19H30N4O. The van der Waals surface area contributed by atoms with Gasteiger partial charge in [-0.05, 0) is 37.5 Å². The number of hydrogen-bond donors (Lipinski definition) is 1. The second-order valence-electron chi connectivity index (χ2n) is 8.53. The highest BCUT2D eigenvalue weighted by Crippen LogP contribution is 2.59. The number of rotatable bonds is 5. The number of fused-ring (bicyclic) bond motifs is 1. The number of amides is 1. The molecule has 1 aromatic rings. The highest BCUT2D eigenvalue weighted by atomic mass is 16.2. The van der Waals surface area contributed by atoms with Crippen LogP contribution in [-0.2, 0) is 17.8 Å². The summed E-state index contributed by atoms with van der Waals surface area (Å²) in [4.78, 5) is 12.9. The Bertz CT molecular complexity index is 667. The van der Waals surface area contributed by atoms with E-state index in [1.54, 1.807) is 0 Å². The molecule has 132 valence electrons. The minimum Gasteiger partial charge on any atom is -0.346 e. The van der Waals surface area contributed by atoms with E-state index in [9.17, 15) is 4.79 Å². The van der Waals surface area contributed by atoms with E-state index in [0.29, 0.717) is 5.92 Å². The van der Waals surface area contributed by atoms with Gasteiger partial charge in [0.2, 0.25) is 5.91 Å². The summed E-state index contributed by atoms with van der Waals surface area (Å²) in [6, 6.07) is -0.0689. The van der Waals surface area contributed by atoms with E-state index in [0.717, 1.165) is 31.0 Å². The molecule has 5 heteroatoms. The average Bonchev–Trinajstić information content (AvgIpc) is 2.87. The first-order valence-electron chi connectivity index (χ1n) is 9.11. The Hall–Kier alpha value is -1.65. The molecule has 1 aromatic heterocycles. The smallest absolute Gasteiger partial charge is 0.224 e. The zero-order chi connectivity index (χ0) is 17.6. The van der Waals surface area contributed by atoms with Crippen LogP contribution in [0.2, 0.25) is 0 Å². The van der Waals surface area contributed by atoms with Crippen molar-refractivity contribution < 1.29 is 4.79 Å². The minimum atomic E-state index is -0.0689. The molecule has 1 aliphatic heterocycles. The fourth-order valence-electron chi connectivity index (χ4n) is 4.02. The van der Waals surface area contributed by atoms with E-state index >= 15 is 0 Å². The van der Waals surface area contributed by atoms with E-state index < -0.39 is 0 Å². The van der Waals surface area contributed by atoms with Crippen LogP contribution in [0.1, 0.15) is 65.7 Å². The van der Waals surface area contributed by atoms with Crippen LogP contribution in [0, 0.1) is 23.2 Å². The Kier molecular flexibility index (Phi) is 4.30. The van der Waals surface area contributed by atoms with Gasteiger partial charge in [-0.15, -0.1) is 10.2 Å². The lowest BCUT2D eigenvalue weighted by Gasteiger charge is -2.22. The van der Waals surface area contributed by atoms with Gasteiger partial charge in [-0.3, -0.25) is 4.79 Å². The molecule has 5 nitrogen and oxygen atoms in total. The van der Waals surface area contributed by atoms with Gasteiger partial charge in [0.05, 0.1) is 12.0 Å². The molecule has 1 N–H and O–H groups in total. The van der Waals surface area contributed by atoms with Crippen LogP contribution in [-0.4, -0.2) is 20.7 Å². The van der Waals surface area contributed by atoms with Gasteiger partial charge in [0.15, 0.2) is 5.82 Å². The Morgan fingerprint density at radius 2 is 2.04 bits per heavy atom. The van der Waals surface area contributed by atoms with Crippen LogP contribution < -0.4 is 5.32 Å². The normalized spacial score (nSPS) is 25.3. The molecule has 0 unspecified atom stereocenters. The van der Waals surface area contributed by atoms with Gasteiger partial charge < -0.3 is 9.88 Å². The second kappa shape index (κ2) is 6.01. The Balaban J connectivity index is 1.77. The van der Waals surface area contributed by atoms with E-state index in [1.165, 1.54) is 5.57 Å². The number of carbonyl (C=O) groups is 1. The Morgan fingerprint density at radius 1 is 1.33 bits per heavy atom. The number of carbonyl (C=O) groups excluding carboxylic acids is 1. The van der Waals surface area contributed by atoms with Crippen LogP contribution in [0.25, 0.3) is 0 Å². The third-order valence-electron chi connectivity index (χ3n) is 5.59. The highest BCUT2D eigenvalue weighted by molar-refractivity contribution is 5.84. The zero-order valence-electron chi connectivity index (χ0n) is 15.8. The molecule has 0 saturated heterocycles. The third-order valence-corrected chi connectivity index (χ3v) is 5.59. The minimum absolute atomic E-state index is 0.0374. The Morgan fingerprint density at radius 3 is 2.67 bits per heavy atom. The van der Waals surface area contributed by atoms with Crippen LogP contribution in [0.5, 0.6) is 0 Å². The van der Waals surface area contributed by atoms with Gasteiger partial charge in [0.25, 0.3) is 0 Å². The molecule has 2 heterocycles. The quantitative estimate of drug-likeness (QED) is 0.843. The largest absolute Gasteiger partial charge is 0.346 e. The molecule has 1 fully saturated rings. The van der Waals surface area contributed by atoms with Gasteiger partial charge in [0, 0.05) is 13.0 Å². The average molecular weight is 330 g/mol. The van der Waals surface area contributed by atoms with Crippen LogP contribution >= 0.6 is 0 Å². The van der Waals surface area contributed by atoms with Crippen molar-refractivity contribution in [3.8, 4) is 0 Å². The maximum Gasteiger partial charge on any atom is 0.224 e. The molecule has 24 heavy (non-hydrogen) atoms. The number of nitrogens with zero attached hydrogens (tertiary/aromatic N) is 3. The van der Waals surface area contributed by atoms with E-state index in [-0.39, 0.29) is 29.2 Å². The summed E-state index contributed by atoms with van der Waals surface area (Å²) in [5.74, 6) is 2.79. The summed E-state index contributed by atoms with van der Waals surface area (Å²) >= 11 is 0. The molecule has 1 aliphatic carbocycles. The van der Waals surface area contributed by atoms with Gasteiger partial charge in [-0.25, -0.2) is 0 Å².